The van der Waals surface area contributed by atoms with E-state index in [1.165, 1.54) is 0 Å². The van der Waals surface area contributed by atoms with Crippen LogP contribution in [0.4, 0.5) is 11.5 Å². The summed E-state index contributed by atoms with van der Waals surface area (Å²) < 4.78 is 11.9. The van der Waals surface area contributed by atoms with E-state index >= 15 is 0 Å². The Kier molecular flexibility index (Phi) is 3.76. The highest BCUT2D eigenvalue weighted by atomic mass is 79.9. The molecule has 2 aromatic heterocycles. The molecule has 0 amide bonds. The second kappa shape index (κ2) is 6.26. The summed E-state index contributed by atoms with van der Waals surface area (Å²) in [5, 5.41) is 6.53. The third kappa shape index (κ3) is 2.69. The van der Waals surface area contributed by atoms with Gasteiger partial charge in [0.2, 0.25) is 6.79 Å². The maximum absolute atomic E-state index is 5.46. The molecule has 128 valence electrons. The van der Waals surface area contributed by atoms with Crippen molar-refractivity contribution < 1.29 is 9.47 Å². The van der Waals surface area contributed by atoms with E-state index in [-0.39, 0.29) is 6.79 Å². The van der Waals surface area contributed by atoms with Gasteiger partial charge in [0.1, 0.15) is 17.0 Å². The molecule has 0 bridgehead atoms. The van der Waals surface area contributed by atoms with Crippen molar-refractivity contribution >= 4 is 49.0 Å². The van der Waals surface area contributed by atoms with Gasteiger partial charge in [-0.25, -0.2) is 9.97 Å². The van der Waals surface area contributed by atoms with Gasteiger partial charge >= 0.3 is 0 Å². The molecule has 7 heteroatoms. The van der Waals surface area contributed by atoms with E-state index in [2.05, 4.69) is 48.7 Å². The van der Waals surface area contributed by atoms with Crippen LogP contribution >= 0.6 is 27.3 Å². The minimum Gasteiger partial charge on any atom is -0.454 e. The fourth-order valence-electron chi connectivity index (χ4n) is 2.92. The Bertz CT molecular complexity index is 1110. The van der Waals surface area contributed by atoms with Gasteiger partial charge in [0.05, 0.1) is 5.39 Å². The third-order valence-corrected chi connectivity index (χ3v) is 5.58. The summed E-state index contributed by atoms with van der Waals surface area (Å²) in [5.41, 5.74) is 3.13. The number of aromatic nitrogens is 2. The predicted molar refractivity (Wildman–Crippen MR) is 106 cm³/mol. The first-order valence-electron chi connectivity index (χ1n) is 7.93. The number of hydrogen-bond donors (Lipinski definition) is 1. The van der Waals surface area contributed by atoms with Crippen LogP contribution in [0, 0.1) is 0 Å². The molecule has 3 heterocycles. The lowest BCUT2D eigenvalue weighted by atomic mass is 10.1. The SMILES string of the molecule is Brc1ccc(-c2csc3ncnc(Nc4ccc5c(c4)OCO5)c23)cc1. The predicted octanol–water partition coefficient (Wildman–Crippen LogP) is 5.59. The Morgan fingerprint density at radius 2 is 1.85 bits per heavy atom. The van der Waals surface area contributed by atoms with Gasteiger partial charge in [-0.3, -0.25) is 0 Å². The highest BCUT2D eigenvalue weighted by Gasteiger charge is 2.16. The molecule has 26 heavy (non-hydrogen) atoms. The van der Waals surface area contributed by atoms with Gasteiger partial charge in [0, 0.05) is 27.2 Å². The minimum absolute atomic E-state index is 0.259. The Balaban J connectivity index is 1.59. The summed E-state index contributed by atoms with van der Waals surface area (Å²) in [6.45, 7) is 0.259. The van der Waals surface area contributed by atoms with Crippen molar-refractivity contribution in [1.29, 1.82) is 0 Å². The first-order chi connectivity index (χ1) is 12.8. The minimum atomic E-state index is 0.259. The van der Waals surface area contributed by atoms with Gasteiger partial charge < -0.3 is 14.8 Å². The van der Waals surface area contributed by atoms with Crippen molar-refractivity contribution in [2.75, 3.05) is 12.1 Å². The van der Waals surface area contributed by atoms with E-state index in [1.54, 1.807) is 17.7 Å². The number of anilines is 2. The van der Waals surface area contributed by atoms with Crippen molar-refractivity contribution in [3.8, 4) is 22.6 Å². The average molecular weight is 426 g/mol. The van der Waals surface area contributed by atoms with Gasteiger partial charge in [-0.15, -0.1) is 11.3 Å². The lowest BCUT2D eigenvalue weighted by Crippen LogP contribution is -1.95. The van der Waals surface area contributed by atoms with Crippen LogP contribution in [0.15, 0.2) is 58.6 Å². The number of nitrogens with zero attached hydrogens (tertiary/aromatic N) is 2. The molecule has 5 nitrogen and oxygen atoms in total. The number of rotatable bonds is 3. The summed E-state index contributed by atoms with van der Waals surface area (Å²) in [7, 11) is 0. The highest BCUT2D eigenvalue weighted by Crippen LogP contribution is 2.39. The van der Waals surface area contributed by atoms with Crippen molar-refractivity contribution in [3.63, 3.8) is 0 Å². The molecule has 0 radical (unpaired) electrons. The average Bonchev–Trinajstić information content (AvgIpc) is 3.29. The van der Waals surface area contributed by atoms with Gasteiger partial charge in [-0.2, -0.15) is 0 Å². The first kappa shape index (κ1) is 15.6. The first-order valence-corrected chi connectivity index (χ1v) is 9.60. The van der Waals surface area contributed by atoms with Crippen LogP contribution in [0.2, 0.25) is 0 Å². The molecule has 5 rings (SSSR count). The topological polar surface area (TPSA) is 56.3 Å². The smallest absolute Gasteiger partial charge is 0.231 e. The molecule has 0 atom stereocenters. The summed E-state index contributed by atoms with van der Waals surface area (Å²) in [4.78, 5) is 9.84. The quantitative estimate of drug-likeness (QED) is 0.463. The van der Waals surface area contributed by atoms with Crippen molar-refractivity contribution in [3.05, 3.63) is 58.6 Å². The van der Waals surface area contributed by atoms with Crippen LogP contribution in [0.1, 0.15) is 0 Å². The number of benzene rings is 2. The number of ether oxygens (including phenoxy) is 2. The maximum atomic E-state index is 5.46. The molecule has 0 saturated heterocycles. The zero-order valence-electron chi connectivity index (χ0n) is 13.4. The van der Waals surface area contributed by atoms with Gasteiger partial charge in [0.15, 0.2) is 11.5 Å². The molecular weight excluding hydrogens is 414 g/mol. The molecule has 0 fully saturated rings. The lowest BCUT2D eigenvalue weighted by molar-refractivity contribution is 0.174. The molecule has 0 aliphatic carbocycles. The van der Waals surface area contributed by atoms with Crippen LogP contribution in [0.5, 0.6) is 11.5 Å². The second-order valence-electron chi connectivity index (χ2n) is 5.75. The number of halogens is 1. The van der Waals surface area contributed by atoms with E-state index in [4.69, 9.17) is 9.47 Å². The van der Waals surface area contributed by atoms with Crippen LogP contribution in [-0.4, -0.2) is 16.8 Å². The summed E-state index contributed by atoms with van der Waals surface area (Å²) in [6.07, 6.45) is 1.58. The van der Waals surface area contributed by atoms with Crippen molar-refractivity contribution in [1.82, 2.24) is 9.97 Å². The number of thiophene rings is 1. The van der Waals surface area contributed by atoms with Crippen LogP contribution in [-0.2, 0) is 0 Å². The number of nitrogens with one attached hydrogen (secondary N) is 1. The fourth-order valence-corrected chi connectivity index (χ4v) is 4.10. The van der Waals surface area contributed by atoms with Gasteiger partial charge in [-0.1, -0.05) is 28.1 Å². The van der Waals surface area contributed by atoms with Crippen molar-refractivity contribution in [2.45, 2.75) is 0 Å². The zero-order valence-corrected chi connectivity index (χ0v) is 15.8. The standard InChI is InChI=1S/C19H12BrN3O2S/c20-12-3-1-11(2-4-12)14-8-26-19-17(14)18(21-9-22-19)23-13-5-6-15-16(7-13)25-10-24-15/h1-9H,10H2,(H,21,22,23). The molecule has 0 unspecified atom stereocenters. The molecule has 2 aromatic carbocycles. The lowest BCUT2D eigenvalue weighted by Gasteiger charge is -2.09. The molecule has 1 aliphatic rings. The van der Waals surface area contributed by atoms with Crippen LogP contribution in [0.25, 0.3) is 21.3 Å². The Hall–Kier alpha value is -2.64. The number of fused-ring (bicyclic) bond motifs is 2. The van der Waals surface area contributed by atoms with E-state index < -0.39 is 0 Å². The van der Waals surface area contributed by atoms with Gasteiger partial charge in [0.25, 0.3) is 0 Å². The Labute approximate surface area is 161 Å². The molecular formula is C19H12BrN3O2S. The summed E-state index contributed by atoms with van der Waals surface area (Å²) >= 11 is 5.10. The fraction of sp³-hybridized carbons (Fsp3) is 0.0526. The second-order valence-corrected chi connectivity index (χ2v) is 7.53. The summed E-state index contributed by atoms with van der Waals surface area (Å²) in [5.74, 6) is 2.27. The normalized spacial score (nSPS) is 12.5. The molecule has 4 aromatic rings. The Morgan fingerprint density at radius 1 is 1.00 bits per heavy atom. The van der Waals surface area contributed by atoms with Crippen LogP contribution < -0.4 is 14.8 Å². The molecule has 1 aliphatic heterocycles. The summed E-state index contributed by atoms with van der Waals surface area (Å²) in [6, 6.07) is 14.0. The molecule has 0 saturated carbocycles. The zero-order chi connectivity index (χ0) is 17.5. The molecule has 1 N–H and O–H groups in total. The van der Waals surface area contributed by atoms with Crippen molar-refractivity contribution in [2.24, 2.45) is 0 Å². The van der Waals surface area contributed by atoms with Gasteiger partial charge in [-0.05, 0) is 29.8 Å². The maximum Gasteiger partial charge on any atom is 0.231 e. The largest absolute Gasteiger partial charge is 0.454 e. The highest BCUT2D eigenvalue weighted by molar-refractivity contribution is 9.10. The van der Waals surface area contributed by atoms with E-state index in [1.807, 2.05) is 30.3 Å². The monoisotopic (exact) mass is 425 g/mol. The van der Waals surface area contributed by atoms with E-state index in [0.717, 1.165) is 48.8 Å². The number of hydrogen-bond acceptors (Lipinski definition) is 6. The van der Waals surface area contributed by atoms with E-state index in [9.17, 15) is 0 Å². The molecule has 0 spiro atoms. The Morgan fingerprint density at radius 3 is 2.73 bits per heavy atom. The van der Waals surface area contributed by atoms with E-state index in [0.29, 0.717) is 0 Å². The van der Waals surface area contributed by atoms with Crippen LogP contribution in [0.3, 0.4) is 0 Å². The third-order valence-electron chi connectivity index (χ3n) is 4.16.